The molecule has 0 saturated carbocycles. The number of piperazine rings is 1. The van der Waals surface area contributed by atoms with Gasteiger partial charge in [0, 0.05) is 63.3 Å². The minimum absolute atomic E-state index is 0.171. The number of likely N-dealkylation sites (N-methyl/N-ethyl adjacent to an activating group) is 1. The van der Waals surface area contributed by atoms with Gasteiger partial charge in [0.05, 0.1) is 23.4 Å². The van der Waals surface area contributed by atoms with Crippen LogP contribution in [0.2, 0.25) is 0 Å². The molecular formula is C27H36N8O3S. The monoisotopic (exact) mass is 552 g/mol. The van der Waals surface area contributed by atoms with E-state index < -0.39 is 9.84 Å². The van der Waals surface area contributed by atoms with Crippen LogP contribution in [0.25, 0.3) is 0 Å². The average molecular weight is 553 g/mol. The van der Waals surface area contributed by atoms with Crippen molar-refractivity contribution in [1.29, 1.82) is 0 Å². The second-order valence-electron chi connectivity index (χ2n) is 10.1. The van der Waals surface area contributed by atoms with Gasteiger partial charge in [-0.1, -0.05) is 12.1 Å². The number of hydrogen-bond acceptors (Lipinski definition) is 11. The van der Waals surface area contributed by atoms with Crippen molar-refractivity contribution in [3.63, 3.8) is 0 Å². The largest absolute Gasteiger partial charge is 0.494 e. The fourth-order valence-electron chi connectivity index (χ4n) is 5.21. The molecule has 0 bridgehead atoms. The first-order valence-corrected chi connectivity index (χ1v) is 15.1. The Balaban J connectivity index is 1.25. The molecule has 0 unspecified atom stereocenters. The minimum atomic E-state index is -3.42. The van der Waals surface area contributed by atoms with E-state index in [9.17, 15) is 8.42 Å². The van der Waals surface area contributed by atoms with Gasteiger partial charge in [0.2, 0.25) is 11.9 Å². The number of piperidine rings is 1. The predicted octanol–water partition coefficient (Wildman–Crippen LogP) is 2.99. The summed E-state index contributed by atoms with van der Waals surface area (Å²) in [5.74, 6) is 1.22. The van der Waals surface area contributed by atoms with Crippen LogP contribution in [0, 0.1) is 0 Å². The van der Waals surface area contributed by atoms with Crippen LogP contribution in [0.1, 0.15) is 12.8 Å². The molecule has 0 spiro atoms. The standard InChI is InChI=1S/C27H36N8O3S/c1-33-14-16-35(17-15-33)20-10-12-34(13-11-20)21-8-9-22(24(18-21)38-2)30-26-28-19-29-27(32-26)31-23-6-4-5-7-25(23)39(3,36)37/h4-9,18-20H,10-17H2,1-3H3,(H2,28,29,30,31,32). The van der Waals surface area contributed by atoms with Crippen LogP contribution in [0.5, 0.6) is 5.75 Å². The van der Waals surface area contributed by atoms with Crippen LogP contribution in [-0.4, -0.2) is 98.9 Å². The number of ether oxygens (including phenoxy) is 1. The fraction of sp³-hybridized carbons (Fsp3) is 0.444. The van der Waals surface area contributed by atoms with E-state index in [1.165, 1.54) is 12.6 Å². The number of nitrogens with one attached hydrogen (secondary N) is 2. The van der Waals surface area contributed by atoms with Crippen molar-refractivity contribution in [1.82, 2.24) is 24.8 Å². The summed E-state index contributed by atoms with van der Waals surface area (Å²) in [7, 11) is 0.424. The van der Waals surface area contributed by atoms with E-state index in [1.807, 2.05) is 12.1 Å². The summed E-state index contributed by atoms with van der Waals surface area (Å²) >= 11 is 0. The first-order chi connectivity index (χ1) is 18.8. The van der Waals surface area contributed by atoms with E-state index in [1.54, 1.807) is 31.4 Å². The smallest absolute Gasteiger partial charge is 0.232 e. The number of aromatic nitrogens is 3. The number of para-hydroxylation sites is 1. The van der Waals surface area contributed by atoms with Gasteiger partial charge < -0.3 is 25.2 Å². The second-order valence-corrected chi connectivity index (χ2v) is 12.1. The van der Waals surface area contributed by atoms with Gasteiger partial charge in [-0.2, -0.15) is 4.98 Å². The highest BCUT2D eigenvalue weighted by molar-refractivity contribution is 7.90. The summed E-state index contributed by atoms with van der Waals surface area (Å²) in [5, 5.41) is 6.19. The normalized spacial score (nSPS) is 17.7. The third-order valence-electron chi connectivity index (χ3n) is 7.42. The Labute approximate surface area is 230 Å². The Morgan fingerprint density at radius 1 is 0.897 bits per heavy atom. The van der Waals surface area contributed by atoms with Crippen LogP contribution >= 0.6 is 0 Å². The lowest BCUT2D eigenvalue weighted by molar-refractivity contribution is 0.0982. The lowest BCUT2D eigenvalue weighted by Crippen LogP contribution is -2.52. The first-order valence-electron chi connectivity index (χ1n) is 13.2. The highest BCUT2D eigenvalue weighted by atomic mass is 32.2. The zero-order valence-electron chi connectivity index (χ0n) is 22.7. The van der Waals surface area contributed by atoms with Crippen LogP contribution in [0.4, 0.5) is 29.0 Å². The van der Waals surface area contributed by atoms with Crippen molar-refractivity contribution >= 4 is 38.8 Å². The highest BCUT2D eigenvalue weighted by Gasteiger charge is 2.27. The van der Waals surface area contributed by atoms with Crippen molar-refractivity contribution in [2.75, 3.05) is 75.2 Å². The maximum Gasteiger partial charge on any atom is 0.232 e. The van der Waals surface area contributed by atoms with Gasteiger partial charge in [0.15, 0.2) is 9.84 Å². The number of nitrogens with zero attached hydrogens (tertiary/aromatic N) is 6. The molecule has 2 fully saturated rings. The topological polar surface area (TPSA) is 116 Å². The summed E-state index contributed by atoms with van der Waals surface area (Å²) in [4.78, 5) is 20.4. The summed E-state index contributed by atoms with van der Waals surface area (Å²) < 4.78 is 30.0. The second kappa shape index (κ2) is 11.7. The molecule has 2 aliphatic rings. The van der Waals surface area contributed by atoms with Crippen molar-refractivity contribution in [3.05, 3.63) is 48.8 Å². The zero-order valence-corrected chi connectivity index (χ0v) is 23.5. The number of hydrogen-bond donors (Lipinski definition) is 2. The zero-order chi connectivity index (χ0) is 27.4. The Morgan fingerprint density at radius 2 is 1.56 bits per heavy atom. The maximum atomic E-state index is 12.1. The molecule has 0 radical (unpaired) electrons. The molecule has 3 heterocycles. The summed E-state index contributed by atoms with van der Waals surface area (Å²) in [6, 6.07) is 13.4. The third kappa shape index (κ3) is 6.57. The molecule has 3 aromatic rings. The van der Waals surface area contributed by atoms with Crippen molar-refractivity contribution < 1.29 is 13.2 Å². The highest BCUT2D eigenvalue weighted by Crippen LogP contribution is 2.33. The summed E-state index contributed by atoms with van der Waals surface area (Å²) in [6.07, 6.45) is 4.86. The fourth-order valence-corrected chi connectivity index (χ4v) is 6.05. The number of benzene rings is 2. The SMILES string of the molecule is COc1cc(N2CCC(N3CCN(C)CC3)CC2)ccc1Nc1ncnc(Nc2ccccc2S(C)(=O)=O)n1. The quantitative estimate of drug-likeness (QED) is 0.430. The molecule has 11 nitrogen and oxygen atoms in total. The molecule has 2 aliphatic heterocycles. The van der Waals surface area contributed by atoms with Gasteiger partial charge in [0.25, 0.3) is 0 Å². The first kappa shape index (κ1) is 27.1. The van der Waals surface area contributed by atoms with Gasteiger partial charge in [-0.25, -0.2) is 18.4 Å². The van der Waals surface area contributed by atoms with Crippen molar-refractivity contribution in [3.8, 4) is 5.75 Å². The Morgan fingerprint density at radius 3 is 2.23 bits per heavy atom. The molecule has 1 aromatic heterocycles. The molecule has 39 heavy (non-hydrogen) atoms. The van der Waals surface area contributed by atoms with E-state index in [4.69, 9.17) is 4.74 Å². The molecule has 5 rings (SSSR count). The lowest BCUT2D eigenvalue weighted by Gasteiger charge is -2.42. The predicted molar refractivity (Wildman–Crippen MR) is 153 cm³/mol. The molecule has 2 aromatic carbocycles. The van der Waals surface area contributed by atoms with E-state index in [0.717, 1.165) is 63.5 Å². The molecule has 208 valence electrons. The molecule has 2 N–H and O–H groups in total. The van der Waals surface area contributed by atoms with E-state index in [0.29, 0.717) is 23.4 Å². The Hall–Kier alpha value is -3.48. The number of methoxy groups -OCH3 is 1. The van der Waals surface area contributed by atoms with E-state index in [2.05, 4.69) is 53.4 Å². The lowest BCUT2D eigenvalue weighted by atomic mass is 10.0. The maximum absolute atomic E-state index is 12.1. The molecule has 12 heteroatoms. The summed E-state index contributed by atoms with van der Waals surface area (Å²) in [6.45, 7) is 6.66. The van der Waals surface area contributed by atoms with Crippen molar-refractivity contribution in [2.45, 2.75) is 23.8 Å². The molecule has 0 amide bonds. The van der Waals surface area contributed by atoms with Crippen LogP contribution in [0.15, 0.2) is 53.7 Å². The number of sulfone groups is 1. The molecule has 0 atom stereocenters. The minimum Gasteiger partial charge on any atom is -0.494 e. The number of rotatable bonds is 8. The third-order valence-corrected chi connectivity index (χ3v) is 8.58. The van der Waals surface area contributed by atoms with E-state index in [-0.39, 0.29) is 10.8 Å². The van der Waals surface area contributed by atoms with Crippen LogP contribution < -0.4 is 20.3 Å². The molecule has 0 aliphatic carbocycles. The van der Waals surface area contributed by atoms with Crippen molar-refractivity contribution in [2.24, 2.45) is 0 Å². The van der Waals surface area contributed by atoms with Crippen LogP contribution in [0.3, 0.4) is 0 Å². The van der Waals surface area contributed by atoms with Gasteiger partial charge in [-0.3, -0.25) is 4.90 Å². The molecule has 2 saturated heterocycles. The summed E-state index contributed by atoms with van der Waals surface area (Å²) in [5.41, 5.74) is 2.25. The molecular weight excluding hydrogens is 516 g/mol. The van der Waals surface area contributed by atoms with E-state index >= 15 is 0 Å². The Kier molecular flexibility index (Phi) is 8.15. The average Bonchev–Trinajstić information content (AvgIpc) is 2.94. The van der Waals surface area contributed by atoms with Gasteiger partial charge in [-0.05, 0) is 44.2 Å². The number of anilines is 5. The van der Waals surface area contributed by atoms with Gasteiger partial charge >= 0.3 is 0 Å². The Bertz CT molecular complexity index is 1390. The van der Waals surface area contributed by atoms with Crippen LogP contribution in [-0.2, 0) is 9.84 Å². The van der Waals surface area contributed by atoms with Gasteiger partial charge in [-0.15, -0.1) is 0 Å². The van der Waals surface area contributed by atoms with Gasteiger partial charge in [0.1, 0.15) is 12.1 Å².